The van der Waals surface area contributed by atoms with Crippen LogP contribution in [0.5, 0.6) is 5.75 Å². The minimum absolute atomic E-state index is 0.0244. The molecule has 0 aliphatic heterocycles. The maximum absolute atomic E-state index is 13.4. The standard InChI is InChI=1S/C14H12F3NO/c15-9-2-1-3-11(6-9)19-8-14(18)12-7-10(16)4-5-13(12)17/h1-7,14H,8,18H2. The van der Waals surface area contributed by atoms with E-state index in [9.17, 15) is 13.2 Å². The molecule has 19 heavy (non-hydrogen) atoms. The van der Waals surface area contributed by atoms with E-state index in [1.54, 1.807) is 6.07 Å². The van der Waals surface area contributed by atoms with E-state index in [1.165, 1.54) is 18.2 Å². The number of hydrogen-bond donors (Lipinski definition) is 1. The van der Waals surface area contributed by atoms with Gasteiger partial charge < -0.3 is 10.5 Å². The number of nitrogens with two attached hydrogens (primary N) is 1. The molecule has 0 fully saturated rings. The summed E-state index contributed by atoms with van der Waals surface area (Å²) in [6, 6.07) is 7.71. The number of benzene rings is 2. The fraction of sp³-hybridized carbons (Fsp3) is 0.143. The van der Waals surface area contributed by atoms with Crippen LogP contribution in [0.4, 0.5) is 13.2 Å². The van der Waals surface area contributed by atoms with Gasteiger partial charge in [0.25, 0.3) is 0 Å². The molecule has 0 aliphatic carbocycles. The van der Waals surface area contributed by atoms with Crippen LogP contribution < -0.4 is 10.5 Å². The number of halogens is 3. The van der Waals surface area contributed by atoms with Gasteiger partial charge in [-0.05, 0) is 30.3 Å². The number of rotatable bonds is 4. The Hall–Kier alpha value is -2.01. The van der Waals surface area contributed by atoms with Crippen molar-refractivity contribution in [1.82, 2.24) is 0 Å². The quantitative estimate of drug-likeness (QED) is 0.923. The molecule has 0 spiro atoms. The van der Waals surface area contributed by atoms with Crippen LogP contribution in [0.15, 0.2) is 42.5 Å². The number of ether oxygens (including phenoxy) is 1. The van der Waals surface area contributed by atoms with Crippen LogP contribution in [0.1, 0.15) is 11.6 Å². The van der Waals surface area contributed by atoms with Crippen LogP contribution in [0.3, 0.4) is 0 Å². The lowest BCUT2D eigenvalue weighted by Crippen LogP contribution is -2.20. The molecule has 1 atom stereocenters. The predicted molar refractivity (Wildman–Crippen MR) is 65.2 cm³/mol. The van der Waals surface area contributed by atoms with Gasteiger partial charge in [0.05, 0.1) is 6.04 Å². The van der Waals surface area contributed by atoms with Crippen molar-refractivity contribution in [2.45, 2.75) is 6.04 Å². The highest BCUT2D eigenvalue weighted by Crippen LogP contribution is 2.19. The second-order valence-electron chi connectivity index (χ2n) is 4.04. The second kappa shape index (κ2) is 5.75. The molecule has 0 amide bonds. The first-order chi connectivity index (χ1) is 9.06. The molecular formula is C14H12F3NO. The Balaban J connectivity index is 2.05. The molecule has 2 aromatic rings. The van der Waals surface area contributed by atoms with Crippen molar-refractivity contribution in [3.8, 4) is 5.75 Å². The van der Waals surface area contributed by atoms with E-state index < -0.39 is 23.5 Å². The van der Waals surface area contributed by atoms with Crippen molar-refractivity contribution in [3.63, 3.8) is 0 Å². The van der Waals surface area contributed by atoms with Gasteiger partial charge in [-0.15, -0.1) is 0 Å². The summed E-state index contributed by atoms with van der Waals surface area (Å²) in [5, 5.41) is 0. The van der Waals surface area contributed by atoms with Gasteiger partial charge in [-0.25, -0.2) is 13.2 Å². The summed E-state index contributed by atoms with van der Waals surface area (Å²) < 4.78 is 44.6. The fourth-order valence-electron chi connectivity index (χ4n) is 1.63. The molecule has 0 bridgehead atoms. The lowest BCUT2D eigenvalue weighted by molar-refractivity contribution is 0.286. The van der Waals surface area contributed by atoms with E-state index in [4.69, 9.17) is 10.5 Å². The predicted octanol–water partition coefficient (Wildman–Crippen LogP) is 3.18. The first kappa shape index (κ1) is 13.4. The van der Waals surface area contributed by atoms with Crippen molar-refractivity contribution >= 4 is 0 Å². The molecule has 5 heteroatoms. The molecule has 100 valence electrons. The molecule has 2 nitrogen and oxygen atoms in total. The summed E-state index contributed by atoms with van der Waals surface area (Å²) >= 11 is 0. The van der Waals surface area contributed by atoms with Gasteiger partial charge >= 0.3 is 0 Å². The zero-order chi connectivity index (χ0) is 13.8. The Morgan fingerprint density at radius 2 is 1.74 bits per heavy atom. The summed E-state index contributed by atoms with van der Waals surface area (Å²) in [5.74, 6) is -1.33. The molecule has 0 saturated carbocycles. The normalized spacial score (nSPS) is 12.2. The van der Waals surface area contributed by atoms with E-state index in [0.29, 0.717) is 0 Å². The van der Waals surface area contributed by atoms with E-state index in [-0.39, 0.29) is 17.9 Å². The Kier molecular flexibility index (Phi) is 4.06. The summed E-state index contributed by atoms with van der Waals surface area (Å²) in [7, 11) is 0. The van der Waals surface area contributed by atoms with Gasteiger partial charge in [0, 0.05) is 11.6 Å². The molecule has 0 radical (unpaired) electrons. The average molecular weight is 267 g/mol. The van der Waals surface area contributed by atoms with Crippen LogP contribution in [-0.2, 0) is 0 Å². The summed E-state index contributed by atoms with van der Waals surface area (Å²) in [6.07, 6.45) is 0. The maximum Gasteiger partial charge on any atom is 0.128 e. The lowest BCUT2D eigenvalue weighted by atomic mass is 10.1. The minimum atomic E-state index is -0.834. The van der Waals surface area contributed by atoms with E-state index >= 15 is 0 Å². The third-order valence-corrected chi connectivity index (χ3v) is 2.58. The van der Waals surface area contributed by atoms with Gasteiger partial charge in [0.15, 0.2) is 0 Å². The fourth-order valence-corrected chi connectivity index (χ4v) is 1.63. The second-order valence-corrected chi connectivity index (χ2v) is 4.04. The van der Waals surface area contributed by atoms with Gasteiger partial charge in [-0.2, -0.15) is 0 Å². The first-order valence-electron chi connectivity index (χ1n) is 5.65. The van der Waals surface area contributed by atoms with Gasteiger partial charge in [-0.1, -0.05) is 6.07 Å². The van der Waals surface area contributed by atoms with Crippen LogP contribution in [0.2, 0.25) is 0 Å². The summed E-state index contributed by atoms with van der Waals surface area (Å²) in [6.45, 7) is -0.0795. The van der Waals surface area contributed by atoms with Crippen LogP contribution in [-0.4, -0.2) is 6.61 Å². The third-order valence-electron chi connectivity index (χ3n) is 2.58. The van der Waals surface area contributed by atoms with Crippen LogP contribution >= 0.6 is 0 Å². The molecule has 0 aromatic heterocycles. The zero-order valence-corrected chi connectivity index (χ0v) is 9.95. The average Bonchev–Trinajstić information content (AvgIpc) is 2.39. The summed E-state index contributed by atoms with van der Waals surface area (Å²) in [5.41, 5.74) is 5.75. The van der Waals surface area contributed by atoms with Crippen LogP contribution in [0.25, 0.3) is 0 Å². The lowest BCUT2D eigenvalue weighted by Gasteiger charge is -2.14. The van der Waals surface area contributed by atoms with Gasteiger partial charge in [0.1, 0.15) is 29.8 Å². The van der Waals surface area contributed by atoms with E-state index in [2.05, 4.69) is 0 Å². The summed E-state index contributed by atoms with van der Waals surface area (Å²) in [4.78, 5) is 0. The monoisotopic (exact) mass is 267 g/mol. The largest absolute Gasteiger partial charge is 0.492 e. The van der Waals surface area contributed by atoms with Crippen molar-refractivity contribution in [2.75, 3.05) is 6.61 Å². The minimum Gasteiger partial charge on any atom is -0.492 e. The molecular weight excluding hydrogens is 255 g/mol. The molecule has 0 saturated heterocycles. The smallest absolute Gasteiger partial charge is 0.128 e. The Labute approximate surface area is 108 Å². The highest BCUT2D eigenvalue weighted by molar-refractivity contribution is 5.24. The topological polar surface area (TPSA) is 35.2 Å². The molecule has 0 heterocycles. The highest BCUT2D eigenvalue weighted by atomic mass is 19.1. The van der Waals surface area contributed by atoms with Crippen molar-refractivity contribution in [2.24, 2.45) is 5.73 Å². The third kappa shape index (κ3) is 3.48. The van der Waals surface area contributed by atoms with Crippen molar-refractivity contribution in [1.29, 1.82) is 0 Å². The van der Waals surface area contributed by atoms with E-state index in [0.717, 1.165) is 18.2 Å². The van der Waals surface area contributed by atoms with Gasteiger partial charge in [0.2, 0.25) is 0 Å². The van der Waals surface area contributed by atoms with E-state index in [1.807, 2.05) is 0 Å². The molecule has 2 N–H and O–H groups in total. The Morgan fingerprint density at radius 3 is 2.47 bits per heavy atom. The van der Waals surface area contributed by atoms with Gasteiger partial charge in [-0.3, -0.25) is 0 Å². The van der Waals surface area contributed by atoms with Crippen LogP contribution in [0, 0.1) is 17.5 Å². The zero-order valence-electron chi connectivity index (χ0n) is 9.95. The molecule has 2 rings (SSSR count). The molecule has 0 aliphatic rings. The van der Waals surface area contributed by atoms with Crippen molar-refractivity contribution < 1.29 is 17.9 Å². The SMILES string of the molecule is NC(COc1cccc(F)c1)c1cc(F)ccc1F. The Bertz CT molecular complexity index is 574. The van der Waals surface area contributed by atoms with Crippen molar-refractivity contribution in [3.05, 3.63) is 65.5 Å². The first-order valence-corrected chi connectivity index (χ1v) is 5.65. The maximum atomic E-state index is 13.4. The Morgan fingerprint density at radius 1 is 1.00 bits per heavy atom. The molecule has 1 unspecified atom stereocenters. The molecule has 2 aromatic carbocycles. The number of hydrogen-bond acceptors (Lipinski definition) is 2. The highest BCUT2D eigenvalue weighted by Gasteiger charge is 2.13.